The molecule has 4 rings (SSSR count). The topological polar surface area (TPSA) is 43.9 Å². The van der Waals surface area contributed by atoms with Crippen molar-refractivity contribution in [2.24, 2.45) is 5.92 Å². The van der Waals surface area contributed by atoms with Gasteiger partial charge in [-0.1, -0.05) is 23.8 Å². The molecule has 0 aliphatic carbocycles. The van der Waals surface area contributed by atoms with Gasteiger partial charge in [0, 0.05) is 56.3 Å². The second-order valence-electron chi connectivity index (χ2n) is 8.45. The Balaban J connectivity index is 1.27. The normalized spacial score (nSPS) is 20.4. The van der Waals surface area contributed by atoms with Crippen molar-refractivity contribution in [1.29, 1.82) is 0 Å². The summed E-state index contributed by atoms with van der Waals surface area (Å²) in [5.74, 6) is 0.214. The average molecular weight is 426 g/mol. The molecular formula is C24H31N3O2S. The van der Waals surface area contributed by atoms with Crippen LogP contribution < -0.4 is 0 Å². The quantitative estimate of drug-likeness (QED) is 0.738. The minimum Gasteiger partial charge on any atom is -0.340 e. The van der Waals surface area contributed by atoms with Gasteiger partial charge in [-0.15, -0.1) is 11.3 Å². The minimum atomic E-state index is -0.0641. The van der Waals surface area contributed by atoms with Crippen molar-refractivity contribution in [2.75, 3.05) is 45.8 Å². The van der Waals surface area contributed by atoms with E-state index in [2.05, 4.69) is 22.4 Å². The fourth-order valence-electron chi connectivity index (χ4n) is 4.42. The van der Waals surface area contributed by atoms with Crippen LogP contribution in [0, 0.1) is 12.8 Å². The van der Waals surface area contributed by atoms with E-state index in [1.807, 2.05) is 52.3 Å². The number of carbonyl (C=O) groups excluding carboxylic acids is 2. The molecule has 2 aliphatic heterocycles. The predicted octanol–water partition coefficient (Wildman–Crippen LogP) is 3.30. The molecule has 2 aliphatic rings. The van der Waals surface area contributed by atoms with Gasteiger partial charge in [-0.25, -0.2) is 0 Å². The molecule has 0 spiro atoms. The first-order chi connectivity index (χ1) is 14.6. The van der Waals surface area contributed by atoms with Crippen molar-refractivity contribution >= 4 is 23.2 Å². The Hall–Kier alpha value is -2.18. The summed E-state index contributed by atoms with van der Waals surface area (Å²) >= 11 is 1.81. The monoisotopic (exact) mass is 425 g/mol. The molecule has 0 bridgehead atoms. The molecule has 30 heavy (non-hydrogen) atoms. The Morgan fingerprint density at radius 2 is 1.77 bits per heavy atom. The average Bonchev–Trinajstić information content (AvgIpc) is 3.31. The number of piperidine rings is 1. The van der Waals surface area contributed by atoms with Gasteiger partial charge in [-0.3, -0.25) is 14.5 Å². The van der Waals surface area contributed by atoms with Crippen LogP contribution in [0.4, 0.5) is 0 Å². The lowest BCUT2D eigenvalue weighted by molar-refractivity contribution is -0.138. The van der Waals surface area contributed by atoms with Crippen LogP contribution >= 0.6 is 11.3 Å². The summed E-state index contributed by atoms with van der Waals surface area (Å²) in [6.07, 6.45) is 2.87. The number of hydrogen-bond acceptors (Lipinski definition) is 4. The molecule has 2 aromatic rings. The van der Waals surface area contributed by atoms with Gasteiger partial charge < -0.3 is 9.80 Å². The van der Waals surface area contributed by atoms with Gasteiger partial charge in [0.05, 0.1) is 5.92 Å². The number of nitrogens with zero attached hydrogens (tertiary/aromatic N) is 3. The van der Waals surface area contributed by atoms with Crippen molar-refractivity contribution in [3.05, 3.63) is 57.8 Å². The Morgan fingerprint density at radius 1 is 1.00 bits per heavy atom. The van der Waals surface area contributed by atoms with E-state index in [0.717, 1.165) is 64.1 Å². The number of amides is 2. The third-order valence-corrected chi connectivity index (χ3v) is 7.23. The maximum absolute atomic E-state index is 13.1. The second-order valence-corrected chi connectivity index (χ2v) is 9.48. The molecule has 1 aromatic carbocycles. The number of hydrogen-bond donors (Lipinski definition) is 0. The second kappa shape index (κ2) is 9.75. The molecule has 0 saturated carbocycles. The van der Waals surface area contributed by atoms with Crippen LogP contribution in [-0.2, 0) is 11.2 Å². The van der Waals surface area contributed by atoms with Crippen LogP contribution in [0.1, 0.15) is 33.6 Å². The number of carbonyl (C=O) groups is 2. The van der Waals surface area contributed by atoms with E-state index in [9.17, 15) is 9.59 Å². The first kappa shape index (κ1) is 21.1. The maximum atomic E-state index is 13.1. The molecule has 1 atom stereocenters. The molecule has 160 valence electrons. The van der Waals surface area contributed by atoms with E-state index < -0.39 is 0 Å². The van der Waals surface area contributed by atoms with Crippen molar-refractivity contribution in [3.63, 3.8) is 0 Å². The van der Waals surface area contributed by atoms with Crippen molar-refractivity contribution < 1.29 is 9.59 Å². The molecule has 2 amide bonds. The number of piperazine rings is 1. The molecule has 2 fully saturated rings. The lowest BCUT2D eigenvalue weighted by atomic mass is 9.95. The van der Waals surface area contributed by atoms with Gasteiger partial charge >= 0.3 is 0 Å². The van der Waals surface area contributed by atoms with Crippen molar-refractivity contribution in [2.45, 2.75) is 26.2 Å². The largest absolute Gasteiger partial charge is 0.340 e. The van der Waals surface area contributed by atoms with E-state index in [4.69, 9.17) is 0 Å². The first-order valence-electron chi connectivity index (χ1n) is 11.0. The standard InChI is InChI=1S/C24H31N3O2S/c1-19-6-8-20(9-7-19)23(28)27-11-2-4-21(18-27)24(29)26-15-13-25(14-16-26)12-10-22-5-3-17-30-22/h3,5-9,17,21H,2,4,10-16,18H2,1H3. The van der Waals surface area contributed by atoms with E-state index in [-0.39, 0.29) is 17.7 Å². The van der Waals surface area contributed by atoms with Crippen LogP contribution in [0.5, 0.6) is 0 Å². The number of benzene rings is 1. The third-order valence-electron chi connectivity index (χ3n) is 6.29. The van der Waals surface area contributed by atoms with E-state index in [0.29, 0.717) is 12.1 Å². The molecule has 6 heteroatoms. The van der Waals surface area contributed by atoms with E-state index in [1.165, 1.54) is 4.88 Å². The van der Waals surface area contributed by atoms with Gasteiger partial charge in [0.1, 0.15) is 0 Å². The molecular weight excluding hydrogens is 394 g/mol. The summed E-state index contributed by atoms with van der Waals surface area (Å²) in [5.41, 5.74) is 1.86. The van der Waals surface area contributed by atoms with Gasteiger partial charge in [-0.2, -0.15) is 0 Å². The number of rotatable bonds is 5. The Labute approximate surface area is 183 Å². The maximum Gasteiger partial charge on any atom is 0.253 e. The number of likely N-dealkylation sites (tertiary alicyclic amines) is 1. The van der Waals surface area contributed by atoms with Crippen LogP contribution in [-0.4, -0.2) is 72.3 Å². The van der Waals surface area contributed by atoms with Gasteiger partial charge in [0.15, 0.2) is 0 Å². The highest BCUT2D eigenvalue weighted by Crippen LogP contribution is 2.22. The minimum absolute atomic E-state index is 0.0471. The van der Waals surface area contributed by atoms with Crippen LogP contribution in [0.25, 0.3) is 0 Å². The fraction of sp³-hybridized carbons (Fsp3) is 0.500. The molecule has 2 saturated heterocycles. The summed E-state index contributed by atoms with van der Waals surface area (Å²) in [5, 5.41) is 2.13. The predicted molar refractivity (Wildman–Crippen MR) is 121 cm³/mol. The smallest absolute Gasteiger partial charge is 0.253 e. The van der Waals surface area contributed by atoms with Crippen molar-refractivity contribution in [3.8, 4) is 0 Å². The number of aryl methyl sites for hydroxylation is 1. The summed E-state index contributed by atoms with van der Waals surface area (Å²) in [6.45, 7) is 7.84. The first-order valence-corrected chi connectivity index (χ1v) is 11.9. The highest BCUT2D eigenvalue weighted by atomic mass is 32.1. The van der Waals surface area contributed by atoms with Crippen LogP contribution in [0.15, 0.2) is 41.8 Å². The highest BCUT2D eigenvalue weighted by molar-refractivity contribution is 7.09. The zero-order valence-electron chi connectivity index (χ0n) is 17.8. The fourth-order valence-corrected chi connectivity index (χ4v) is 5.11. The SMILES string of the molecule is Cc1ccc(C(=O)N2CCCC(C(=O)N3CCN(CCc4cccs4)CC3)C2)cc1. The zero-order chi connectivity index (χ0) is 20.9. The Bertz CT molecular complexity index is 842. The molecule has 0 radical (unpaired) electrons. The molecule has 5 nitrogen and oxygen atoms in total. The molecule has 1 aromatic heterocycles. The van der Waals surface area contributed by atoms with Gasteiger partial charge in [0.25, 0.3) is 5.91 Å². The lowest BCUT2D eigenvalue weighted by Gasteiger charge is -2.39. The van der Waals surface area contributed by atoms with Crippen molar-refractivity contribution in [1.82, 2.24) is 14.7 Å². The Kier molecular flexibility index (Phi) is 6.85. The van der Waals surface area contributed by atoms with Crippen LogP contribution in [0.2, 0.25) is 0 Å². The third kappa shape index (κ3) is 5.10. The van der Waals surface area contributed by atoms with Crippen LogP contribution in [0.3, 0.4) is 0 Å². The van der Waals surface area contributed by atoms with E-state index >= 15 is 0 Å². The number of thiophene rings is 1. The molecule has 3 heterocycles. The van der Waals surface area contributed by atoms with Gasteiger partial charge in [-0.05, 0) is 49.8 Å². The Morgan fingerprint density at radius 3 is 2.47 bits per heavy atom. The van der Waals surface area contributed by atoms with Gasteiger partial charge in [0.2, 0.25) is 5.91 Å². The van der Waals surface area contributed by atoms with E-state index in [1.54, 1.807) is 0 Å². The summed E-state index contributed by atoms with van der Waals surface area (Å²) in [6, 6.07) is 12.0. The summed E-state index contributed by atoms with van der Waals surface area (Å²) < 4.78 is 0. The summed E-state index contributed by atoms with van der Waals surface area (Å²) in [7, 11) is 0. The highest BCUT2D eigenvalue weighted by Gasteiger charge is 2.32. The molecule has 1 unspecified atom stereocenters. The molecule has 0 N–H and O–H groups in total. The lowest BCUT2D eigenvalue weighted by Crippen LogP contribution is -2.53. The zero-order valence-corrected chi connectivity index (χ0v) is 18.6. The summed E-state index contributed by atoms with van der Waals surface area (Å²) in [4.78, 5) is 33.8.